The van der Waals surface area contributed by atoms with Crippen molar-refractivity contribution in [2.75, 3.05) is 6.54 Å². The van der Waals surface area contributed by atoms with E-state index in [1.807, 2.05) is 0 Å². The molecule has 1 atom stereocenters. The smallest absolute Gasteiger partial charge is 0.292 e. The molecule has 4 nitrogen and oxygen atoms in total. The average Bonchev–Trinajstić information content (AvgIpc) is 2.05. The highest BCUT2D eigenvalue weighted by atomic mass is 16.3. The van der Waals surface area contributed by atoms with Gasteiger partial charge in [-0.2, -0.15) is 0 Å². The van der Waals surface area contributed by atoms with Gasteiger partial charge in [0.15, 0.2) is 0 Å². The van der Waals surface area contributed by atoms with Crippen LogP contribution in [0.15, 0.2) is 22.3 Å². The van der Waals surface area contributed by atoms with E-state index in [2.05, 4.69) is 10.2 Å². The van der Waals surface area contributed by atoms with Gasteiger partial charge in [-0.3, -0.25) is 9.79 Å². The number of carbonyl (C=O) groups excluding carboxylic acids is 1. The largest absolute Gasteiger partial charge is 0.298 e. The van der Waals surface area contributed by atoms with Gasteiger partial charge >= 0.3 is 0 Å². The van der Waals surface area contributed by atoms with Gasteiger partial charge in [-0.05, 0) is 0 Å². The summed E-state index contributed by atoms with van der Waals surface area (Å²) < 4.78 is 0. The molecular formula is C6H6N2O2. The Hall–Kier alpha value is -1.32. The van der Waals surface area contributed by atoms with Crippen molar-refractivity contribution in [2.24, 2.45) is 16.1 Å². The molecular weight excluding hydrogens is 132 g/mol. The van der Waals surface area contributed by atoms with Crippen LogP contribution in [0.5, 0.6) is 0 Å². The number of nitrogens with zero attached hydrogens (tertiary/aromatic N) is 2. The van der Waals surface area contributed by atoms with Gasteiger partial charge in [0.2, 0.25) is 0 Å². The van der Waals surface area contributed by atoms with Crippen molar-refractivity contribution >= 4 is 12.1 Å². The number of rotatable bonds is 1. The highest BCUT2D eigenvalue weighted by Crippen LogP contribution is 2.02. The molecule has 0 aromatic heterocycles. The molecule has 1 aliphatic rings. The van der Waals surface area contributed by atoms with E-state index in [-0.39, 0.29) is 0 Å². The summed E-state index contributed by atoms with van der Waals surface area (Å²) in [5, 5.41) is 2.28. The van der Waals surface area contributed by atoms with Crippen molar-refractivity contribution in [1.82, 2.24) is 0 Å². The summed E-state index contributed by atoms with van der Waals surface area (Å²) in [6.45, 7) is 0.586. The van der Waals surface area contributed by atoms with Crippen molar-refractivity contribution in [3.05, 3.63) is 17.1 Å². The first-order valence-electron chi connectivity index (χ1n) is 2.88. The lowest BCUT2D eigenvalue weighted by Gasteiger charge is -2.01. The van der Waals surface area contributed by atoms with E-state index >= 15 is 0 Å². The maximum Gasteiger partial charge on any atom is 0.298 e. The molecule has 1 amide bonds. The van der Waals surface area contributed by atoms with Crippen LogP contribution in [-0.4, -0.2) is 18.7 Å². The predicted octanol–water partition coefficient (Wildman–Crippen LogP) is 0.536. The van der Waals surface area contributed by atoms with Gasteiger partial charge in [-0.1, -0.05) is 12.2 Å². The van der Waals surface area contributed by atoms with E-state index < -0.39 is 11.8 Å². The first-order valence-corrected chi connectivity index (χ1v) is 2.88. The molecule has 52 valence electrons. The molecule has 1 aliphatic heterocycles. The number of carbonyl (C=O) groups is 1. The van der Waals surface area contributed by atoms with Crippen molar-refractivity contribution in [3.8, 4) is 0 Å². The second kappa shape index (κ2) is 3.00. The molecule has 0 fully saturated rings. The highest BCUT2D eigenvalue weighted by Gasteiger charge is 2.13. The lowest BCUT2D eigenvalue weighted by molar-refractivity contribution is -0.118. The van der Waals surface area contributed by atoms with Gasteiger partial charge in [-0.25, -0.2) is 0 Å². The van der Waals surface area contributed by atoms with Crippen LogP contribution < -0.4 is 0 Å². The Morgan fingerprint density at radius 2 is 2.50 bits per heavy atom. The normalized spacial score (nSPS) is 22.6. The number of amides is 1. The molecule has 0 saturated carbocycles. The number of hydrogen-bond acceptors (Lipinski definition) is 3. The number of aliphatic imine (C=N–C) groups is 1. The van der Waals surface area contributed by atoms with E-state index in [4.69, 9.17) is 0 Å². The molecule has 0 saturated heterocycles. The van der Waals surface area contributed by atoms with Crippen LogP contribution in [0.1, 0.15) is 0 Å². The van der Waals surface area contributed by atoms with Gasteiger partial charge in [-0.15, -0.1) is 4.91 Å². The molecule has 1 heterocycles. The van der Waals surface area contributed by atoms with E-state index in [0.717, 1.165) is 0 Å². The van der Waals surface area contributed by atoms with Gasteiger partial charge in [0, 0.05) is 11.4 Å². The summed E-state index contributed by atoms with van der Waals surface area (Å²) in [5.74, 6) is -1.20. The second-order valence-corrected chi connectivity index (χ2v) is 1.90. The fourth-order valence-electron chi connectivity index (χ4n) is 0.699. The predicted molar refractivity (Wildman–Crippen MR) is 36.8 cm³/mol. The highest BCUT2D eigenvalue weighted by molar-refractivity contribution is 5.96. The fraction of sp³-hybridized carbons (Fsp3) is 0.333. The zero-order valence-electron chi connectivity index (χ0n) is 5.23. The third-order valence-electron chi connectivity index (χ3n) is 1.20. The Morgan fingerprint density at radius 3 is 3.00 bits per heavy atom. The van der Waals surface area contributed by atoms with Crippen molar-refractivity contribution < 1.29 is 4.79 Å². The van der Waals surface area contributed by atoms with E-state index in [0.29, 0.717) is 6.54 Å². The third-order valence-corrected chi connectivity index (χ3v) is 1.20. The number of dihydropyridines is 1. The maximum absolute atomic E-state index is 10.5. The molecule has 1 unspecified atom stereocenters. The molecule has 0 spiro atoms. The Balaban J connectivity index is 2.63. The van der Waals surface area contributed by atoms with E-state index in [9.17, 15) is 9.70 Å². The van der Waals surface area contributed by atoms with Crippen molar-refractivity contribution in [2.45, 2.75) is 0 Å². The Morgan fingerprint density at radius 1 is 1.70 bits per heavy atom. The molecule has 0 N–H and O–H groups in total. The zero-order chi connectivity index (χ0) is 7.40. The van der Waals surface area contributed by atoms with E-state index in [1.54, 1.807) is 12.2 Å². The van der Waals surface area contributed by atoms with Crippen LogP contribution in [0.3, 0.4) is 0 Å². The summed E-state index contributed by atoms with van der Waals surface area (Å²) in [4.78, 5) is 24.1. The minimum Gasteiger partial charge on any atom is -0.292 e. The third kappa shape index (κ3) is 1.34. The van der Waals surface area contributed by atoms with Crippen LogP contribution >= 0.6 is 0 Å². The van der Waals surface area contributed by atoms with Crippen molar-refractivity contribution in [1.29, 1.82) is 0 Å². The lowest BCUT2D eigenvalue weighted by Crippen LogP contribution is -2.12. The Kier molecular flexibility index (Phi) is 2.04. The number of nitroso groups, excluding NO2 is 1. The fourth-order valence-corrected chi connectivity index (χ4v) is 0.699. The second-order valence-electron chi connectivity index (χ2n) is 1.90. The Labute approximate surface area is 57.6 Å². The van der Waals surface area contributed by atoms with Crippen LogP contribution in [0, 0.1) is 10.8 Å². The quantitative estimate of drug-likeness (QED) is 0.392. The van der Waals surface area contributed by atoms with Crippen LogP contribution in [0.25, 0.3) is 0 Å². The summed E-state index contributed by atoms with van der Waals surface area (Å²) in [6, 6.07) is 0. The van der Waals surface area contributed by atoms with Gasteiger partial charge in [0.25, 0.3) is 5.91 Å². The van der Waals surface area contributed by atoms with Crippen molar-refractivity contribution in [3.63, 3.8) is 0 Å². The van der Waals surface area contributed by atoms with Gasteiger partial charge < -0.3 is 0 Å². The molecule has 1 rings (SSSR count). The average molecular weight is 138 g/mol. The molecule has 4 heteroatoms. The first kappa shape index (κ1) is 6.80. The zero-order valence-corrected chi connectivity index (χ0v) is 5.23. The summed E-state index contributed by atoms with van der Waals surface area (Å²) >= 11 is 0. The van der Waals surface area contributed by atoms with Gasteiger partial charge in [0.1, 0.15) is 0 Å². The standard InChI is InChI=1S/C6H6N2O2/c9-6(8-10)5-2-1-3-7-4-5/h1-2,4-5H,3H2. The molecule has 0 bridgehead atoms. The summed E-state index contributed by atoms with van der Waals surface area (Å²) in [7, 11) is 0. The summed E-state index contributed by atoms with van der Waals surface area (Å²) in [5.41, 5.74) is 0. The Bertz CT molecular complexity index is 196. The molecule has 0 aromatic carbocycles. The maximum atomic E-state index is 10.5. The first-order chi connectivity index (χ1) is 4.84. The number of hydrogen-bond donors (Lipinski definition) is 0. The molecule has 0 radical (unpaired) electrons. The van der Waals surface area contributed by atoms with Crippen LogP contribution in [0.4, 0.5) is 0 Å². The summed E-state index contributed by atoms with van der Waals surface area (Å²) in [6.07, 6.45) is 4.79. The molecule has 0 aliphatic carbocycles. The monoisotopic (exact) mass is 138 g/mol. The SMILES string of the molecule is O=NC(=O)C1C=CCN=C1. The topological polar surface area (TPSA) is 58.9 Å². The lowest BCUT2D eigenvalue weighted by atomic mass is 10.1. The van der Waals surface area contributed by atoms with Crippen LogP contribution in [-0.2, 0) is 4.79 Å². The van der Waals surface area contributed by atoms with Crippen LogP contribution in [0.2, 0.25) is 0 Å². The molecule has 0 aromatic rings. The van der Waals surface area contributed by atoms with Gasteiger partial charge in [0.05, 0.1) is 12.5 Å². The molecule has 10 heavy (non-hydrogen) atoms. The minimum atomic E-state index is -0.681. The minimum absolute atomic E-state index is 0.522. The van der Waals surface area contributed by atoms with E-state index in [1.165, 1.54) is 6.21 Å².